The highest BCUT2D eigenvalue weighted by atomic mass is 19.4. The number of hydrogen-bond donors (Lipinski definition) is 1. The first kappa shape index (κ1) is 18.1. The normalized spacial score (nSPS) is 24.8. The number of hydrogen-bond acceptors (Lipinski definition) is 4. The van der Waals surface area contributed by atoms with Crippen molar-refractivity contribution in [2.75, 3.05) is 26.3 Å². The molecule has 1 N–H and O–H groups in total. The second-order valence-electron chi connectivity index (χ2n) is 7.26. The first-order valence-electron chi connectivity index (χ1n) is 8.78. The van der Waals surface area contributed by atoms with Crippen LogP contribution in [0.5, 0.6) is 11.5 Å². The van der Waals surface area contributed by atoms with Gasteiger partial charge in [-0.25, -0.2) is 0 Å². The maximum Gasteiger partial charge on any atom is 0.573 e. The maximum atomic E-state index is 12.3. The minimum absolute atomic E-state index is 0.0286. The zero-order valence-corrected chi connectivity index (χ0v) is 14.6. The van der Waals surface area contributed by atoms with Crippen LogP contribution in [0.2, 0.25) is 0 Å². The number of para-hydroxylation sites is 1. The molecule has 1 saturated heterocycles. The Morgan fingerprint density at radius 3 is 2.59 bits per heavy atom. The van der Waals surface area contributed by atoms with Crippen LogP contribution in [0, 0.1) is 5.41 Å². The molecule has 2 aliphatic rings. The zero-order valence-electron chi connectivity index (χ0n) is 14.6. The number of nitrogens with zero attached hydrogens (tertiary/aromatic N) is 1. The lowest BCUT2D eigenvalue weighted by Gasteiger charge is -2.38. The van der Waals surface area contributed by atoms with Crippen LogP contribution in [-0.2, 0) is 6.54 Å². The van der Waals surface area contributed by atoms with Crippen molar-refractivity contribution in [3.05, 3.63) is 59.7 Å². The molecule has 27 heavy (non-hydrogen) atoms. The van der Waals surface area contributed by atoms with Gasteiger partial charge in [-0.2, -0.15) is 0 Å². The highest BCUT2D eigenvalue weighted by molar-refractivity contribution is 5.41. The average molecular weight is 379 g/mol. The predicted molar refractivity (Wildman–Crippen MR) is 92.6 cm³/mol. The van der Waals surface area contributed by atoms with E-state index in [9.17, 15) is 18.3 Å². The Morgan fingerprint density at radius 1 is 1.15 bits per heavy atom. The summed E-state index contributed by atoms with van der Waals surface area (Å²) in [6.45, 7) is 2.51. The van der Waals surface area contributed by atoms with E-state index in [1.54, 1.807) is 12.1 Å². The van der Waals surface area contributed by atoms with Crippen LogP contribution < -0.4 is 9.47 Å². The van der Waals surface area contributed by atoms with Crippen molar-refractivity contribution >= 4 is 0 Å². The van der Waals surface area contributed by atoms with Gasteiger partial charge in [-0.05, 0) is 29.3 Å². The lowest BCUT2D eigenvalue weighted by Crippen LogP contribution is -2.42. The smallest absolute Gasteiger partial charge is 0.493 e. The van der Waals surface area contributed by atoms with Crippen molar-refractivity contribution < 1.29 is 27.8 Å². The summed E-state index contributed by atoms with van der Waals surface area (Å²) in [5, 5.41) is 10.1. The molecule has 0 amide bonds. The molecule has 0 bridgehead atoms. The highest BCUT2D eigenvalue weighted by Crippen LogP contribution is 2.49. The van der Waals surface area contributed by atoms with Gasteiger partial charge >= 0.3 is 6.36 Å². The number of likely N-dealkylation sites (tertiary alicyclic amines) is 1. The molecule has 2 atom stereocenters. The summed E-state index contributed by atoms with van der Waals surface area (Å²) in [4.78, 5) is 2.21. The molecule has 1 fully saturated rings. The van der Waals surface area contributed by atoms with Crippen molar-refractivity contribution in [1.29, 1.82) is 0 Å². The summed E-state index contributed by atoms with van der Waals surface area (Å²) in [5.74, 6) is 0.804. The molecule has 0 unspecified atom stereocenters. The third-order valence-electron chi connectivity index (χ3n) is 5.41. The molecule has 2 aromatic rings. The number of aliphatic hydroxyl groups excluding tert-OH is 1. The Labute approximate surface area is 155 Å². The van der Waals surface area contributed by atoms with Crippen molar-refractivity contribution in [3.8, 4) is 11.5 Å². The number of halogens is 3. The Bertz CT molecular complexity index is 809. The molecule has 0 aromatic heterocycles. The Balaban J connectivity index is 1.49. The van der Waals surface area contributed by atoms with E-state index in [1.165, 1.54) is 12.1 Å². The van der Waals surface area contributed by atoms with Gasteiger partial charge in [0.25, 0.3) is 0 Å². The van der Waals surface area contributed by atoms with Gasteiger partial charge in [0.15, 0.2) is 0 Å². The topological polar surface area (TPSA) is 41.9 Å². The third-order valence-corrected chi connectivity index (χ3v) is 5.41. The van der Waals surface area contributed by atoms with Gasteiger partial charge in [-0.3, -0.25) is 4.90 Å². The fourth-order valence-electron chi connectivity index (χ4n) is 4.15. The van der Waals surface area contributed by atoms with Gasteiger partial charge in [-0.1, -0.05) is 30.3 Å². The number of alkyl halides is 3. The fraction of sp³-hybridized carbons (Fsp3) is 0.400. The van der Waals surface area contributed by atoms with Gasteiger partial charge in [0, 0.05) is 31.0 Å². The summed E-state index contributed by atoms with van der Waals surface area (Å²) >= 11 is 0. The monoisotopic (exact) mass is 379 g/mol. The van der Waals surface area contributed by atoms with E-state index in [4.69, 9.17) is 4.74 Å². The predicted octanol–water partition coefficient (Wildman–Crippen LogP) is 3.56. The van der Waals surface area contributed by atoms with Crippen LogP contribution in [0.25, 0.3) is 0 Å². The first-order chi connectivity index (χ1) is 12.9. The molecule has 0 saturated carbocycles. The molecule has 7 heteroatoms. The van der Waals surface area contributed by atoms with Gasteiger partial charge in [0.1, 0.15) is 11.5 Å². The number of rotatable bonds is 4. The molecule has 4 rings (SSSR count). The molecule has 0 spiro atoms. The SMILES string of the molecule is OC[C@@]12COc3ccccc3[C@@H]1CN(Cc1ccc(OC(F)(F)F)cc1)C2. The molecular formula is C20H20F3NO3. The molecule has 4 nitrogen and oxygen atoms in total. The summed E-state index contributed by atoms with van der Waals surface area (Å²) in [5.41, 5.74) is 1.65. The Kier molecular flexibility index (Phi) is 4.52. The third kappa shape index (κ3) is 3.61. The van der Waals surface area contributed by atoms with Crippen LogP contribution in [0.3, 0.4) is 0 Å². The Morgan fingerprint density at radius 2 is 1.89 bits per heavy atom. The van der Waals surface area contributed by atoms with Crippen LogP contribution in [0.15, 0.2) is 48.5 Å². The first-order valence-corrected chi connectivity index (χ1v) is 8.78. The molecule has 2 aliphatic heterocycles. The fourth-order valence-corrected chi connectivity index (χ4v) is 4.15. The van der Waals surface area contributed by atoms with Crippen molar-refractivity contribution in [2.24, 2.45) is 5.41 Å². The van der Waals surface area contributed by atoms with Crippen LogP contribution >= 0.6 is 0 Å². The molecule has 2 heterocycles. The molecule has 2 aromatic carbocycles. The quantitative estimate of drug-likeness (QED) is 0.882. The summed E-state index contributed by atoms with van der Waals surface area (Å²) in [7, 11) is 0. The van der Waals surface area contributed by atoms with E-state index in [0.29, 0.717) is 19.7 Å². The average Bonchev–Trinajstić information content (AvgIpc) is 3.01. The maximum absolute atomic E-state index is 12.3. The van der Waals surface area contributed by atoms with Crippen molar-refractivity contribution in [3.63, 3.8) is 0 Å². The number of fused-ring (bicyclic) bond motifs is 3. The van der Waals surface area contributed by atoms with Gasteiger partial charge in [0.05, 0.1) is 13.2 Å². The molecule has 0 aliphatic carbocycles. The van der Waals surface area contributed by atoms with Crippen molar-refractivity contribution in [2.45, 2.75) is 18.8 Å². The van der Waals surface area contributed by atoms with E-state index in [1.807, 2.05) is 24.3 Å². The molecule has 144 valence electrons. The second kappa shape index (κ2) is 6.73. The van der Waals surface area contributed by atoms with Crippen LogP contribution in [0.1, 0.15) is 17.0 Å². The van der Waals surface area contributed by atoms with Gasteiger partial charge < -0.3 is 14.6 Å². The molecule has 0 radical (unpaired) electrons. The number of aliphatic hydroxyl groups is 1. The van der Waals surface area contributed by atoms with E-state index < -0.39 is 6.36 Å². The highest BCUT2D eigenvalue weighted by Gasteiger charge is 2.50. The van der Waals surface area contributed by atoms with Crippen LogP contribution in [0.4, 0.5) is 13.2 Å². The van der Waals surface area contributed by atoms with Gasteiger partial charge in [-0.15, -0.1) is 13.2 Å². The lowest BCUT2D eigenvalue weighted by atomic mass is 9.74. The van der Waals surface area contributed by atoms with Gasteiger partial charge in [0.2, 0.25) is 0 Å². The van der Waals surface area contributed by atoms with E-state index in [0.717, 1.165) is 23.4 Å². The minimum atomic E-state index is -4.69. The minimum Gasteiger partial charge on any atom is -0.493 e. The number of benzene rings is 2. The largest absolute Gasteiger partial charge is 0.573 e. The summed E-state index contributed by atoms with van der Waals surface area (Å²) < 4.78 is 46.6. The number of ether oxygens (including phenoxy) is 2. The van der Waals surface area contributed by atoms with E-state index in [-0.39, 0.29) is 23.7 Å². The summed E-state index contributed by atoms with van der Waals surface area (Å²) in [6, 6.07) is 13.8. The van der Waals surface area contributed by atoms with E-state index in [2.05, 4.69) is 9.64 Å². The van der Waals surface area contributed by atoms with E-state index >= 15 is 0 Å². The van der Waals surface area contributed by atoms with Crippen LogP contribution in [-0.4, -0.2) is 42.7 Å². The Hall–Kier alpha value is -2.25. The summed E-state index contributed by atoms with van der Waals surface area (Å²) in [6.07, 6.45) is -4.69. The molecular weight excluding hydrogens is 359 g/mol. The second-order valence-corrected chi connectivity index (χ2v) is 7.26. The standard InChI is InChI=1S/C20H20F3NO3/c21-20(22,23)27-15-7-5-14(6-8-15)9-24-10-17-16-3-1-2-4-18(16)26-13-19(17,11-24)12-25/h1-8,17,25H,9-13H2/t17-,19-/m0/s1. The lowest BCUT2D eigenvalue weighted by molar-refractivity contribution is -0.274. The van der Waals surface area contributed by atoms with Crippen molar-refractivity contribution in [1.82, 2.24) is 4.90 Å². The zero-order chi connectivity index (χ0) is 19.1.